The van der Waals surface area contributed by atoms with E-state index >= 15 is 0 Å². The first-order valence-corrected chi connectivity index (χ1v) is 9.06. The number of fused-ring (bicyclic) bond motifs is 1. The highest BCUT2D eigenvalue weighted by atomic mass is 16.5. The smallest absolute Gasteiger partial charge is 0.344 e. The third-order valence-electron chi connectivity index (χ3n) is 5.39. The van der Waals surface area contributed by atoms with Crippen LogP contribution in [-0.2, 0) is 9.53 Å². The number of nitrogens with zero attached hydrogens (tertiary/aromatic N) is 4. The van der Waals surface area contributed by atoms with Crippen molar-refractivity contribution in [2.45, 2.75) is 24.9 Å². The fraction of sp³-hybridized carbons (Fsp3) is 0.611. The number of piperidine rings is 1. The molecule has 0 bridgehead atoms. The molecule has 0 saturated carbocycles. The highest BCUT2D eigenvalue weighted by Crippen LogP contribution is 2.26. The number of carbonyl (C=O) groups is 2. The maximum absolute atomic E-state index is 12.4. The maximum atomic E-state index is 12.4. The number of allylic oxidation sites excluding steroid dienone is 2. The third kappa shape index (κ3) is 3.39. The first-order chi connectivity index (χ1) is 12.2. The van der Waals surface area contributed by atoms with Crippen LogP contribution in [0.15, 0.2) is 29.3 Å². The number of carbonyl (C=O) groups excluding carboxylic acids is 2. The van der Waals surface area contributed by atoms with E-state index in [0.717, 1.165) is 31.6 Å². The minimum atomic E-state index is -0.126. The van der Waals surface area contributed by atoms with Crippen molar-refractivity contribution in [3.63, 3.8) is 0 Å². The molecule has 3 aliphatic heterocycles. The lowest BCUT2D eigenvalue weighted by atomic mass is 9.99. The van der Waals surface area contributed by atoms with Gasteiger partial charge < -0.3 is 14.5 Å². The molecule has 2 saturated heterocycles. The zero-order chi connectivity index (χ0) is 17.2. The largest absolute Gasteiger partial charge is 0.378 e. The molecule has 0 radical (unpaired) electrons. The Balaban J connectivity index is 1.30. The van der Waals surface area contributed by atoms with E-state index in [-0.39, 0.29) is 24.0 Å². The van der Waals surface area contributed by atoms with Crippen LogP contribution in [0.3, 0.4) is 0 Å². The van der Waals surface area contributed by atoms with Gasteiger partial charge in [0.05, 0.1) is 31.5 Å². The van der Waals surface area contributed by atoms with Crippen molar-refractivity contribution in [3.05, 3.63) is 24.3 Å². The summed E-state index contributed by atoms with van der Waals surface area (Å²) >= 11 is 0. The van der Waals surface area contributed by atoms with Crippen molar-refractivity contribution < 1.29 is 14.3 Å². The fourth-order valence-corrected chi connectivity index (χ4v) is 3.99. The predicted octanol–water partition coefficient (Wildman–Crippen LogP) is 0.681. The van der Waals surface area contributed by atoms with Gasteiger partial charge in [-0.15, -0.1) is 0 Å². The summed E-state index contributed by atoms with van der Waals surface area (Å²) in [4.78, 5) is 34.8. The molecular weight excluding hydrogens is 320 g/mol. The quantitative estimate of drug-likeness (QED) is 0.755. The molecule has 0 aromatic carbocycles. The Morgan fingerprint density at radius 2 is 1.92 bits per heavy atom. The van der Waals surface area contributed by atoms with Crippen LogP contribution in [0.5, 0.6) is 0 Å². The molecule has 0 spiro atoms. The van der Waals surface area contributed by atoms with E-state index in [0.29, 0.717) is 32.8 Å². The fourth-order valence-electron chi connectivity index (χ4n) is 3.99. The lowest BCUT2D eigenvalue weighted by Crippen LogP contribution is -2.52. The Labute approximate surface area is 147 Å². The number of aliphatic imine (C=N–C) groups is 1. The molecule has 0 aromatic rings. The zero-order valence-electron chi connectivity index (χ0n) is 14.3. The summed E-state index contributed by atoms with van der Waals surface area (Å²) < 4.78 is 5.30. The summed E-state index contributed by atoms with van der Waals surface area (Å²) in [6, 6.07) is 0.0627. The van der Waals surface area contributed by atoms with Gasteiger partial charge in [-0.1, -0.05) is 18.2 Å². The van der Waals surface area contributed by atoms with Crippen LogP contribution < -0.4 is 0 Å². The number of hydrogen-bond acceptors (Lipinski definition) is 4. The van der Waals surface area contributed by atoms with E-state index in [1.165, 1.54) is 0 Å². The predicted molar refractivity (Wildman–Crippen MR) is 93.6 cm³/mol. The van der Waals surface area contributed by atoms with Gasteiger partial charge in [-0.2, -0.15) is 4.99 Å². The Morgan fingerprint density at radius 3 is 2.68 bits per heavy atom. The number of rotatable bonds is 3. The SMILES string of the molecule is O=C(CN1CCC(N2C(=O)N=C3C=CC=CC32)CC1)N1CCOCC1. The lowest BCUT2D eigenvalue weighted by molar-refractivity contribution is -0.136. The van der Waals surface area contributed by atoms with Crippen molar-refractivity contribution in [3.8, 4) is 0 Å². The van der Waals surface area contributed by atoms with Gasteiger partial charge in [0.1, 0.15) is 0 Å². The second kappa shape index (κ2) is 7.09. The Bertz CT molecular complexity index is 628. The molecule has 0 aromatic heterocycles. The van der Waals surface area contributed by atoms with Crippen LogP contribution in [0.1, 0.15) is 12.8 Å². The standard InChI is InChI=1S/C18H24N4O3/c23-17(21-9-11-25-12-10-21)13-20-7-5-14(6-8-20)22-16-4-2-1-3-15(16)19-18(22)24/h1-4,14,16H,5-13H2. The first-order valence-electron chi connectivity index (χ1n) is 9.06. The summed E-state index contributed by atoms with van der Waals surface area (Å²) in [5, 5.41) is 0. The van der Waals surface area contributed by atoms with E-state index in [9.17, 15) is 9.59 Å². The average Bonchev–Trinajstić information content (AvgIpc) is 2.99. The van der Waals surface area contributed by atoms with Crippen LogP contribution >= 0.6 is 0 Å². The topological polar surface area (TPSA) is 65.5 Å². The first kappa shape index (κ1) is 16.5. The molecule has 25 heavy (non-hydrogen) atoms. The molecule has 134 valence electrons. The highest BCUT2D eigenvalue weighted by molar-refractivity contribution is 6.12. The van der Waals surface area contributed by atoms with Gasteiger partial charge in [-0.3, -0.25) is 9.69 Å². The van der Waals surface area contributed by atoms with Gasteiger partial charge in [-0.05, 0) is 18.9 Å². The van der Waals surface area contributed by atoms with Crippen LogP contribution in [0, 0.1) is 0 Å². The van der Waals surface area contributed by atoms with E-state index in [2.05, 4.69) is 9.89 Å². The van der Waals surface area contributed by atoms with Gasteiger partial charge in [-0.25, -0.2) is 4.79 Å². The molecule has 4 rings (SSSR count). The van der Waals surface area contributed by atoms with Crippen molar-refractivity contribution in [1.82, 2.24) is 14.7 Å². The summed E-state index contributed by atoms with van der Waals surface area (Å²) in [5.41, 5.74) is 0.845. The van der Waals surface area contributed by atoms with E-state index in [1.807, 2.05) is 34.1 Å². The summed E-state index contributed by atoms with van der Waals surface area (Å²) in [6.07, 6.45) is 9.63. The second-order valence-corrected chi connectivity index (χ2v) is 6.92. The molecule has 4 aliphatic rings. The van der Waals surface area contributed by atoms with Crippen molar-refractivity contribution in [2.24, 2.45) is 4.99 Å². The molecule has 3 amide bonds. The van der Waals surface area contributed by atoms with Crippen LogP contribution in [0.4, 0.5) is 4.79 Å². The zero-order valence-corrected chi connectivity index (χ0v) is 14.3. The number of hydrogen-bond donors (Lipinski definition) is 0. The number of ether oxygens (including phenoxy) is 1. The van der Waals surface area contributed by atoms with E-state index < -0.39 is 0 Å². The Morgan fingerprint density at radius 1 is 1.16 bits per heavy atom. The molecule has 7 nitrogen and oxygen atoms in total. The lowest BCUT2D eigenvalue weighted by Gasteiger charge is -2.39. The molecule has 2 fully saturated rings. The monoisotopic (exact) mass is 344 g/mol. The maximum Gasteiger partial charge on any atom is 0.344 e. The van der Waals surface area contributed by atoms with E-state index in [1.54, 1.807) is 0 Å². The second-order valence-electron chi connectivity index (χ2n) is 6.92. The van der Waals surface area contributed by atoms with Crippen molar-refractivity contribution in [2.75, 3.05) is 45.9 Å². The van der Waals surface area contributed by atoms with Crippen LogP contribution in [-0.4, -0.2) is 90.4 Å². The molecular formula is C18H24N4O3. The number of morpholine rings is 1. The van der Waals surface area contributed by atoms with Crippen molar-refractivity contribution >= 4 is 17.6 Å². The third-order valence-corrected chi connectivity index (χ3v) is 5.39. The van der Waals surface area contributed by atoms with E-state index in [4.69, 9.17) is 4.74 Å². The highest BCUT2D eigenvalue weighted by Gasteiger charge is 2.38. The van der Waals surface area contributed by atoms with Crippen LogP contribution in [0.25, 0.3) is 0 Å². The average molecular weight is 344 g/mol. The number of urea groups is 1. The molecule has 3 heterocycles. The summed E-state index contributed by atoms with van der Waals surface area (Å²) in [7, 11) is 0. The molecule has 0 N–H and O–H groups in total. The van der Waals surface area contributed by atoms with Gasteiger partial charge in [0, 0.05) is 32.2 Å². The Kier molecular flexibility index (Phi) is 4.67. The minimum absolute atomic E-state index is 0.0102. The minimum Gasteiger partial charge on any atom is -0.378 e. The molecule has 7 heteroatoms. The normalized spacial score (nSPS) is 27.6. The van der Waals surface area contributed by atoms with Gasteiger partial charge in [0.15, 0.2) is 0 Å². The molecule has 1 unspecified atom stereocenters. The molecule has 1 atom stereocenters. The number of amides is 3. The van der Waals surface area contributed by atoms with Gasteiger partial charge in [0.2, 0.25) is 5.91 Å². The Hall–Kier alpha value is -1.99. The van der Waals surface area contributed by atoms with Crippen LogP contribution in [0.2, 0.25) is 0 Å². The summed E-state index contributed by atoms with van der Waals surface area (Å²) in [6.45, 7) is 4.80. The van der Waals surface area contributed by atoms with Gasteiger partial charge >= 0.3 is 6.03 Å². The van der Waals surface area contributed by atoms with Crippen molar-refractivity contribution in [1.29, 1.82) is 0 Å². The van der Waals surface area contributed by atoms with Gasteiger partial charge in [0.25, 0.3) is 0 Å². The molecule has 1 aliphatic carbocycles. The summed E-state index contributed by atoms with van der Waals surface area (Å²) in [5.74, 6) is 0.185. The number of likely N-dealkylation sites (tertiary alicyclic amines) is 1.